The van der Waals surface area contributed by atoms with E-state index in [0.29, 0.717) is 16.8 Å². The average Bonchev–Trinajstić information content (AvgIpc) is 2.60. The molecule has 0 aliphatic carbocycles. The summed E-state index contributed by atoms with van der Waals surface area (Å²) in [6, 6.07) is 11.6. The van der Waals surface area contributed by atoms with Crippen LogP contribution >= 0.6 is 11.6 Å². The van der Waals surface area contributed by atoms with Gasteiger partial charge in [-0.05, 0) is 57.0 Å². The van der Waals surface area contributed by atoms with Gasteiger partial charge in [-0.1, -0.05) is 29.8 Å². The predicted molar refractivity (Wildman–Crippen MR) is 110 cm³/mol. The lowest BCUT2D eigenvalue weighted by Crippen LogP contribution is -2.08. The molecule has 0 amide bonds. The van der Waals surface area contributed by atoms with Crippen LogP contribution in [0.1, 0.15) is 25.0 Å². The predicted octanol–water partition coefficient (Wildman–Crippen LogP) is 5.42. The van der Waals surface area contributed by atoms with Crippen LogP contribution < -0.4 is 15.4 Å². The van der Waals surface area contributed by atoms with Crippen LogP contribution in [0.4, 0.5) is 23.1 Å². The van der Waals surface area contributed by atoms with Crippen molar-refractivity contribution in [1.29, 1.82) is 0 Å². The highest BCUT2D eigenvalue weighted by Crippen LogP contribution is 2.30. The zero-order valence-electron chi connectivity index (χ0n) is 15.7. The molecule has 0 bridgehead atoms. The highest BCUT2D eigenvalue weighted by Gasteiger charge is 2.10. The maximum Gasteiger partial charge on any atom is 0.249 e. The second-order valence-electron chi connectivity index (χ2n) is 6.52. The molecular formula is C20H22ClN5O. The highest BCUT2D eigenvalue weighted by atomic mass is 35.5. The smallest absolute Gasteiger partial charge is 0.249 e. The Morgan fingerprint density at radius 2 is 1.85 bits per heavy atom. The average molecular weight is 384 g/mol. The fraction of sp³-hybridized carbons (Fsp3) is 0.250. The van der Waals surface area contributed by atoms with Crippen LogP contribution in [0.2, 0.25) is 5.02 Å². The molecule has 3 rings (SSSR count). The van der Waals surface area contributed by atoms with Gasteiger partial charge in [0.05, 0.1) is 28.7 Å². The van der Waals surface area contributed by atoms with Crippen molar-refractivity contribution in [1.82, 2.24) is 15.2 Å². The maximum absolute atomic E-state index is 6.35. The van der Waals surface area contributed by atoms with Gasteiger partial charge in [-0.2, -0.15) is 10.1 Å². The van der Waals surface area contributed by atoms with Gasteiger partial charge in [0.25, 0.3) is 0 Å². The first kappa shape index (κ1) is 18.9. The Hall–Kier alpha value is -2.86. The summed E-state index contributed by atoms with van der Waals surface area (Å²) >= 11 is 6.35. The molecule has 2 aromatic carbocycles. The fourth-order valence-electron chi connectivity index (χ4n) is 2.67. The monoisotopic (exact) mass is 383 g/mol. The molecule has 0 aliphatic heterocycles. The van der Waals surface area contributed by atoms with Crippen molar-refractivity contribution in [3.8, 4) is 5.75 Å². The number of anilines is 4. The lowest BCUT2D eigenvalue weighted by Gasteiger charge is -2.15. The van der Waals surface area contributed by atoms with Crippen LogP contribution in [0.15, 0.2) is 42.6 Å². The number of aryl methyl sites for hydroxylation is 2. The number of halogens is 1. The van der Waals surface area contributed by atoms with Gasteiger partial charge < -0.3 is 15.4 Å². The molecule has 27 heavy (non-hydrogen) atoms. The van der Waals surface area contributed by atoms with Crippen molar-refractivity contribution < 1.29 is 4.74 Å². The van der Waals surface area contributed by atoms with Crippen LogP contribution in [0.3, 0.4) is 0 Å². The summed E-state index contributed by atoms with van der Waals surface area (Å²) < 4.78 is 5.83. The number of para-hydroxylation sites is 2. The van der Waals surface area contributed by atoms with Crippen LogP contribution in [0.25, 0.3) is 0 Å². The van der Waals surface area contributed by atoms with E-state index >= 15 is 0 Å². The van der Waals surface area contributed by atoms with Crippen molar-refractivity contribution in [3.63, 3.8) is 0 Å². The molecule has 6 nitrogen and oxygen atoms in total. The minimum Gasteiger partial charge on any atom is -0.489 e. The minimum atomic E-state index is 0.0698. The lowest BCUT2D eigenvalue weighted by atomic mass is 10.1. The summed E-state index contributed by atoms with van der Waals surface area (Å²) in [6.45, 7) is 7.95. The van der Waals surface area contributed by atoms with Gasteiger partial charge in [-0.25, -0.2) is 0 Å². The van der Waals surface area contributed by atoms with Gasteiger partial charge in [0, 0.05) is 0 Å². The minimum absolute atomic E-state index is 0.0698. The number of nitrogens with one attached hydrogen (secondary N) is 2. The van der Waals surface area contributed by atoms with E-state index in [1.807, 2.05) is 64.1 Å². The Bertz CT molecular complexity index is 922. The SMILES string of the molecule is Cc1cc(C)c(Nc2nncc(Nc3ccccc3OC(C)C)n2)c(Cl)c1. The maximum atomic E-state index is 6.35. The zero-order chi connectivity index (χ0) is 19.4. The first-order valence-electron chi connectivity index (χ1n) is 8.68. The van der Waals surface area contributed by atoms with Crippen molar-refractivity contribution in [2.75, 3.05) is 10.6 Å². The third kappa shape index (κ3) is 4.86. The van der Waals surface area contributed by atoms with Crippen molar-refractivity contribution >= 4 is 34.7 Å². The second kappa shape index (κ2) is 8.22. The quantitative estimate of drug-likeness (QED) is 0.592. The van der Waals surface area contributed by atoms with E-state index < -0.39 is 0 Å². The number of benzene rings is 2. The van der Waals surface area contributed by atoms with Gasteiger partial charge in [-0.3, -0.25) is 0 Å². The Balaban J connectivity index is 1.83. The van der Waals surface area contributed by atoms with Crippen LogP contribution in [-0.2, 0) is 0 Å². The Morgan fingerprint density at radius 3 is 2.59 bits per heavy atom. The summed E-state index contributed by atoms with van der Waals surface area (Å²) in [5.41, 5.74) is 3.68. The van der Waals surface area contributed by atoms with Crippen LogP contribution in [-0.4, -0.2) is 21.3 Å². The molecule has 0 aliphatic rings. The molecule has 0 radical (unpaired) electrons. The summed E-state index contributed by atoms with van der Waals surface area (Å²) in [5, 5.41) is 15.1. The molecule has 140 valence electrons. The number of ether oxygens (including phenoxy) is 1. The molecule has 0 spiro atoms. The molecule has 0 saturated carbocycles. The first-order valence-corrected chi connectivity index (χ1v) is 9.06. The molecular weight excluding hydrogens is 362 g/mol. The van der Waals surface area contributed by atoms with E-state index in [9.17, 15) is 0 Å². The van der Waals surface area contributed by atoms with E-state index in [2.05, 4.69) is 25.8 Å². The van der Waals surface area contributed by atoms with Crippen molar-refractivity contribution in [2.45, 2.75) is 33.8 Å². The molecule has 1 heterocycles. The van der Waals surface area contributed by atoms with Gasteiger partial charge in [-0.15, -0.1) is 5.10 Å². The Labute approximate surface area is 164 Å². The fourth-order valence-corrected chi connectivity index (χ4v) is 3.04. The third-order valence-electron chi connectivity index (χ3n) is 3.74. The first-order chi connectivity index (χ1) is 12.9. The molecule has 7 heteroatoms. The highest BCUT2D eigenvalue weighted by molar-refractivity contribution is 6.33. The normalized spacial score (nSPS) is 10.7. The standard InChI is InChI=1S/C20H22ClN5O/c1-12(2)27-17-8-6-5-7-16(17)23-18-11-22-26-20(24-18)25-19-14(4)9-13(3)10-15(19)21/h5-12H,1-4H3,(H2,23,24,25,26). The molecule has 0 fully saturated rings. The second-order valence-corrected chi connectivity index (χ2v) is 6.92. The molecule has 2 N–H and O–H groups in total. The summed E-state index contributed by atoms with van der Waals surface area (Å²) in [7, 11) is 0. The molecule has 0 atom stereocenters. The van der Waals surface area contributed by atoms with Crippen molar-refractivity contribution in [2.24, 2.45) is 0 Å². The number of nitrogens with zero attached hydrogens (tertiary/aromatic N) is 3. The van der Waals surface area contributed by atoms with E-state index in [0.717, 1.165) is 28.3 Å². The number of rotatable bonds is 6. The summed E-state index contributed by atoms with van der Waals surface area (Å²) in [4.78, 5) is 4.48. The number of aromatic nitrogens is 3. The zero-order valence-corrected chi connectivity index (χ0v) is 16.5. The van der Waals surface area contributed by atoms with E-state index in [1.165, 1.54) is 0 Å². The van der Waals surface area contributed by atoms with Gasteiger partial charge in [0.15, 0.2) is 5.82 Å². The summed E-state index contributed by atoms with van der Waals surface area (Å²) in [6.07, 6.45) is 1.63. The third-order valence-corrected chi connectivity index (χ3v) is 4.04. The van der Waals surface area contributed by atoms with Gasteiger partial charge in [0.1, 0.15) is 5.75 Å². The van der Waals surface area contributed by atoms with E-state index in [-0.39, 0.29) is 6.10 Å². The molecule has 0 saturated heterocycles. The topological polar surface area (TPSA) is 72.0 Å². The number of hydrogen-bond donors (Lipinski definition) is 2. The molecule has 1 aromatic heterocycles. The van der Waals surface area contributed by atoms with E-state index in [1.54, 1.807) is 6.20 Å². The molecule has 3 aromatic rings. The lowest BCUT2D eigenvalue weighted by molar-refractivity contribution is 0.244. The Morgan fingerprint density at radius 1 is 1.07 bits per heavy atom. The van der Waals surface area contributed by atoms with Gasteiger partial charge in [0.2, 0.25) is 5.95 Å². The van der Waals surface area contributed by atoms with E-state index in [4.69, 9.17) is 16.3 Å². The van der Waals surface area contributed by atoms with Crippen molar-refractivity contribution in [3.05, 3.63) is 58.7 Å². The number of hydrogen-bond acceptors (Lipinski definition) is 6. The van der Waals surface area contributed by atoms with Gasteiger partial charge >= 0.3 is 0 Å². The summed E-state index contributed by atoms with van der Waals surface area (Å²) in [5.74, 6) is 1.65. The Kier molecular flexibility index (Phi) is 5.76. The molecule has 0 unspecified atom stereocenters. The van der Waals surface area contributed by atoms with Crippen LogP contribution in [0, 0.1) is 13.8 Å². The largest absolute Gasteiger partial charge is 0.489 e. The van der Waals surface area contributed by atoms with Crippen LogP contribution in [0.5, 0.6) is 5.75 Å².